The van der Waals surface area contributed by atoms with E-state index in [1.54, 1.807) is 0 Å². The average molecular weight is 211 g/mol. The molecule has 0 aromatic carbocycles. The molecule has 1 rings (SSSR count). The summed E-state index contributed by atoms with van der Waals surface area (Å²) in [6.45, 7) is 8.68. The van der Waals surface area contributed by atoms with E-state index >= 15 is 0 Å². The zero-order valence-corrected chi connectivity index (χ0v) is 10.5. The molecule has 0 aliphatic carbocycles. The number of allylic oxidation sites excluding steroid dienone is 1. The predicted molar refractivity (Wildman–Crippen MR) is 65.8 cm³/mol. The fourth-order valence-corrected chi connectivity index (χ4v) is 1.89. The van der Waals surface area contributed by atoms with Crippen LogP contribution in [-0.4, -0.2) is 24.6 Å². The highest BCUT2D eigenvalue weighted by Gasteiger charge is 2.23. The van der Waals surface area contributed by atoms with E-state index in [-0.39, 0.29) is 5.60 Å². The molecule has 0 N–H and O–H groups in total. The molecule has 3 heteroatoms. The number of hydrogen-bond donors (Lipinski definition) is 0. The van der Waals surface area contributed by atoms with Crippen LogP contribution in [0.25, 0.3) is 0 Å². The summed E-state index contributed by atoms with van der Waals surface area (Å²) in [4.78, 5) is 0. The average Bonchev–Trinajstić information content (AvgIpc) is 2.16. The van der Waals surface area contributed by atoms with E-state index in [1.807, 2.05) is 19.2 Å². The lowest BCUT2D eigenvalue weighted by atomic mass is 9.82. The summed E-state index contributed by atoms with van der Waals surface area (Å²) < 4.78 is 5.83. The van der Waals surface area contributed by atoms with Crippen molar-refractivity contribution in [1.82, 2.24) is 0 Å². The van der Waals surface area contributed by atoms with Gasteiger partial charge in [0.1, 0.15) is 0 Å². The first kappa shape index (κ1) is 12.2. The molecule has 1 nitrogen and oxygen atoms in total. The van der Waals surface area contributed by atoms with Gasteiger partial charge in [0.2, 0.25) is 0 Å². The van der Waals surface area contributed by atoms with Crippen molar-refractivity contribution in [2.75, 3.05) is 11.5 Å². The van der Waals surface area contributed by atoms with Gasteiger partial charge in [-0.3, -0.25) is 0 Å². The van der Waals surface area contributed by atoms with Crippen LogP contribution in [0.4, 0.5) is 0 Å². The summed E-state index contributed by atoms with van der Waals surface area (Å²) in [7, 11) is 1.96. The molecule has 0 saturated heterocycles. The minimum atomic E-state index is -0.0502. The Balaban J connectivity index is 2.35. The summed E-state index contributed by atoms with van der Waals surface area (Å²) in [5.74, 6) is 2.91. The lowest BCUT2D eigenvalue weighted by molar-refractivity contribution is 0.0657. The van der Waals surface area contributed by atoms with Crippen molar-refractivity contribution in [3.63, 3.8) is 0 Å². The highest BCUT2D eigenvalue weighted by Crippen LogP contribution is 2.22. The summed E-state index contributed by atoms with van der Waals surface area (Å²) in [6, 6.07) is 0. The zero-order chi connectivity index (χ0) is 10.6. The van der Waals surface area contributed by atoms with Crippen molar-refractivity contribution in [3.05, 3.63) is 11.5 Å². The zero-order valence-electron chi connectivity index (χ0n) is 9.67. The van der Waals surface area contributed by atoms with E-state index in [1.165, 1.54) is 11.2 Å². The Morgan fingerprint density at radius 2 is 2.21 bits per heavy atom. The minimum absolute atomic E-state index is 0.0502. The third-order valence-electron chi connectivity index (χ3n) is 2.90. The Morgan fingerprint density at radius 1 is 1.50 bits per heavy atom. The summed E-state index contributed by atoms with van der Waals surface area (Å²) >= 11 is 1.99. The molecule has 0 aromatic heterocycles. The Bertz CT molecular complexity index is 211. The van der Waals surface area contributed by atoms with E-state index in [2.05, 4.69) is 33.8 Å². The van der Waals surface area contributed by atoms with Crippen LogP contribution in [0.5, 0.6) is 0 Å². The van der Waals surface area contributed by atoms with Gasteiger partial charge in [-0.1, -0.05) is 25.4 Å². The Morgan fingerprint density at radius 3 is 2.71 bits per heavy atom. The van der Waals surface area contributed by atoms with Gasteiger partial charge >= 0.3 is 7.48 Å². The maximum atomic E-state index is 5.83. The molecule has 0 fully saturated rings. The third-order valence-corrected chi connectivity index (χ3v) is 3.80. The quantitative estimate of drug-likeness (QED) is 0.661. The molecule has 0 bridgehead atoms. The van der Waals surface area contributed by atoms with Crippen LogP contribution in [-0.2, 0) is 4.65 Å². The molecule has 1 radical (unpaired) electrons. The molecule has 0 amide bonds. The van der Waals surface area contributed by atoms with E-state index in [9.17, 15) is 0 Å². The normalized spacial score (nSPS) is 18.2. The van der Waals surface area contributed by atoms with Gasteiger partial charge in [-0.2, -0.15) is 11.8 Å². The number of rotatable bonds is 4. The van der Waals surface area contributed by atoms with Crippen LogP contribution in [0.3, 0.4) is 0 Å². The molecule has 0 saturated carbocycles. The van der Waals surface area contributed by atoms with Gasteiger partial charge in [-0.25, -0.2) is 0 Å². The summed E-state index contributed by atoms with van der Waals surface area (Å²) in [5, 5.41) is 0. The van der Waals surface area contributed by atoms with Gasteiger partial charge in [-0.15, -0.1) is 0 Å². The minimum Gasteiger partial charge on any atom is -0.430 e. The third kappa shape index (κ3) is 3.70. The maximum Gasteiger partial charge on any atom is 0.326 e. The smallest absolute Gasteiger partial charge is 0.326 e. The predicted octanol–water partition coefficient (Wildman–Crippen LogP) is 3.08. The Kier molecular flexibility index (Phi) is 4.59. The largest absolute Gasteiger partial charge is 0.430 e. The Labute approximate surface area is 93.0 Å². The highest BCUT2D eigenvalue weighted by atomic mass is 32.2. The van der Waals surface area contributed by atoms with Crippen LogP contribution in [0, 0.1) is 5.92 Å². The molecule has 1 aliphatic heterocycles. The first-order valence-corrected chi connectivity index (χ1v) is 6.45. The first-order chi connectivity index (χ1) is 6.52. The van der Waals surface area contributed by atoms with Crippen LogP contribution in [0.2, 0.25) is 0 Å². The first-order valence-electron chi connectivity index (χ1n) is 5.30. The fourth-order valence-electron chi connectivity index (χ4n) is 1.01. The molecule has 14 heavy (non-hydrogen) atoms. The van der Waals surface area contributed by atoms with Crippen molar-refractivity contribution >= 4 is 19.2 Å². The van der Waals surface area contributed by atoms with E-state index in [0.29, 0.717) is 5.92 Å². The molecule has 1 heterocycles. The molecule has 0 aromatic rings. The van der Waals surface area contributed by atoms with Crippen molar-refractivity contribution in [2.24, 2.45) is 5.92 Å². The number of thioether (sulfide) groups is 1. The SMILES string of the molecule is CC(C)C(C)(C)O[B]C1=CCSCC1. The molecular weight excluding hydrogens is 191 g/mol. The molecule has 0 unspecified atom stereocenters. The fraction of sp³-hybridized carbons (Fsp3) is 0.818. The maximum absolute atomic E-state index is 5.83. The highest BCUT2D eigenvalue weighted by molar-refractivity contribution is 7.99. The van der Waals surface area contributed by atoms with Crippen molar-refractivity contribution in [2.45, 2.75) is 39.7 Å². The van der Waals surface area contributed by atoms with Crippen LogP contribution in [0.15, 0.2) is 11.5 Å². The lowest BCUT2D eigenvalue weighted by Crippen LogP contribution is -2.33. The second-order valence-electron chi connectivity index (χ2n) is 4.60. The number of hydrogen-bond acceptors (Lipinski definition) is 2. The molecule has 1 aliphatic rings. The summed E-state index contributed by atoms with van der Waals surface area (Å²) in [5.41, 5.74) is 1.31. The van der Waals surface area contributed by atoms with Gasteiger partial charge in [-0.05, 0) is 31.9 Å². The topological polar surface area (TPSA) is 9.23 Å². The van der Waals surface area contributed by atoms with E-state index < -0.39 is 0 Å². The molecule has 0 spiro atoms. The van der Waals surface area contributed by atoms with Gasteiger partial charge in [0.25, 0.3) is 0 Å². The monoisotopic (exact) mass is 211 g/mol. The van der Waals surface area contributed by atoms with E-state index in [0.717, 1.165) is 12.2 Å². The van der Waals surface area contributed by atoms with Gasteiger partial charge in [0.15, 0.2) is 0 Å². The van der Waals surface area contributed by atoms with Gasteiger partial charge in [0.05, 0.1) is 0 Å². The van der Waals surface area contributed by atoms with Crippen LogP contribution >= 0.6 is 11.8 Å². The van der Waals surface area contributed by atoms with Gasteiger partial charge < -0.3 is 4.65 Å². The van der Waals surface area contributed by atoms with Crippen molar-refractivity contribution in [1.29, 1.82) is 0 Å². The van der Waals surface area contributed by atoms with Crippen molar-refractivity contribution in [3.8, 4) is 0 Å². The van der Waals surface area contributed by atoms with Crippen molar-refractivity contribution < 1.29 is 4.65 Å². The summed E-state index contributed by atoms with van der Waals surface area (Å²) in [6.07, 6.45) is 3.42. The molecule has 0 atom stereocenters. The lowest BCUT2D eigenvalue weighted by Gasteiger charge is -2.30. The second-order valence-corrected chi connectivity index (χ2v) is 5.75. The second kappa shape index (κ2) is 5.27. The molecular formula is C11H20BOS. The van der Waals surface area contributed by atoms with Gasteiger partial charge in [0, 0.05) is 11.4 Å². The molecule has 79 valence electrons. The standard InChI is InChI=1S/C11H20BOS/c1-9(2)11(3,4)13-12-10-5-7-14-8-6-10/h5,9H,6-8H2,1-4H3. The van der Waals surface area contributed by atoms with Crippen LogP contribution < -0.4 is 0 Å². The Hall–Kier alpha value is 0.115. The van der Waals surface area contributed by atoms with Crippen LogP contribution in [0.1, 0.15) is 34.1 Å². The van der Waals surface area contributed by atoms with E-state index in [4.69, 9.17) is 4.65 Å².